The Morgan fingerprint density at radius 2 is 2.10 bits per heavy atom. The summed E-state index contributed by atoms with van der Waals surface area (Å²) in [5.74, 6) is 1.60. The molecule has 0 aromatic carbocycles. The summed E-state index contributed by atoms with van der Waals surface area (Å²) in [5.41, 5.74) is 4.54. The van der Waals surface area contributed by atoms with Crippen molar-refractivity contribution < 1.29 is 4.42 Å². The Balaban J connectivity index is 1.64. The van der Waals surface area contributed by atoms with Crippen molar-refractivity contribution in [1.29, 1.82) is 0 Å². The molecule has 0 aliphatic heterocycles. The Morgan fingerprint density at radius 3 is 2.83 bits per heavy atom. The Hall–Kier alpha value is -3.18. The Morgan fingerprint density at radius 1 is 1.24 bits per heavy atom. The van der Waals surface area contributed by atoms with Gasteiger partial charge in [0.1, 0.15) is 10.8 Å². The van der Waals surface area contributed by atoms with Gasteiger partial charge < -0.3 is 9.73 Å². The highest BCUT2D eigenvalue weighted by Gasteiger charge is 2.21. The van der Waals surface area contributed by atoms with Crippen molar-refractivity contribution in [2.75, 3.05) is 5.32 Å². The van der Waals surface area contributed by atoms with Crippen LogP contribution in [0.2, 0.25) is 0 Å². The zero-order valence-electron chi connectivity index (χ0n) is 16.1. The largest absolute Gasteiger partial charge is 0.486 e. The summed E-state index contributed by atoms with van der Waals surface area (Å²) in [5, 5.41) is 9.02. The van der Waals surface area contributed by atoms with Gasteiger partial charge in [0.25, 0.3) is 0 Å². The van der Waals surface area contributed by atoms with Crippen molar-refractivity contribution in [3.63, 3.8) is 0 Å². The number of aromatic nitrogens is 4. The number of fused-ring (bicyclic) bond motifs is 1. The molecule has 8 heteroatoms. The first kappa shape index (κ1) is 17.9. The van der Waals surface area contributed by atoms with Crippen LogP contribution in [0.4, 0.5) is 16.7 Å². The van der Waals surface area contributed by atoms with Gasteiger partial charge in [0.2, 0.25) is 0 Å². The second-order valence-electron chi connectivity index (χ2n) is 7.44. The molecule has 5 rings (SSSR count). The Kier molecular flexibility index (Phi) is 4.52. The number of nitrogens with zero attached hydrogens (tertiary/aromatic N) is 5. The maximum Gasteiger partial charge on any atom is 0.346 e. The number of rotatable bonds is 4. The molecule has 7 nitrogen and oxygen atoms in total. The van der Waals surface area contributed by atoms with Crippen molar-refractivity contribution in [3.8, 4) is 11.1 Å². The molecule has 146 valence electrons. The van der Waals surface area contributed by atoms with Gasteiger partial charge in [-0.15, -0.1) is 0 Å². The molecule has 0 atom stereocenters. The molecule has 0 bridgehead atoms. The molecule has 0 radical (unpaired) electrons. The molecule has 4 aromatic rings. The fourth-order valence-electron chi connectivity index (χ4n) is 3.96. The molecular formula is C21H20N6OS. The van der Waals surface area contributed by atoms with Gasteiger partial charge in [0, 0.05) is 28.8 Å². The van der Waals surface area contributed by atoms with Gasteiger partial charge in [-0.3, -0.25) is 0 Å². The molecule has 0 spiro atoms. The Labute approximate surface area is 172 Å². The van der Waals surface area contributed by atoms with Gasteiger partial charge >= 0.3 is 5.88 Å². The van der Waals surface area contributed by atoms with Crippen molar-refractivity contribution in [2.45, 2.75) is 44.9 Å². The third-order valence-corrected chi connectivity index (χ3v) is 6.20. The minimum Gasteiger partial charge on any atom is -0.486 e. The van der Waals surface area contributed by atoms with Gasteiger partial charge in [0.15, 0.2) is 5.65 Å². The molecule has 1 fully saturated rings. The van der Waals surface area contributed by atoms with Crippen molar-refractivity contribution in [3.05, 3.63) is 53.5 Å². The highest BCUT2D eigenvalue weighted by atomic mass is 32.1. The molecular weight excluding hydrogens is 384 g/mol. The van der Waals surface area contributed by atoms with Crippen molar-refractivity contribution in [1.82, 2.24) is 19.0 Å². The van der Waals surface area contributed by atoms with Crippen LogP contribution in [0.15, 0.2) is 35.1 Å². The predicted molar refractivity (Wildman–Crippen MR) is 113 cm³/mol. The van der Waals surface area contributed by atoms with E-state index in [1.54, 1.807) is 18.5 Å². The van der Waals surface area contributed by atoms with Crippen LogP contribution >= 0.6 is 11.5 Å². The molecule has 0 amide bonds. The van der Waals surface area contributed by atoms with Crippen molar-refractivity contribution >= 4 is 33.9 Å². The van der Waals surface area contributed by atoms with E-state index in [2.05, 4.69) is 25.7 Å². The van der Waals surface area contributed by atoms with Gasteiger partial charge in [-0.25, -0.2) is 4.98 Å². The zero-order chi connectivity index (χ0) is 19.8. The van der Waals surface area contributed by atoms with E-state index in [-0.39, 0.29) is 5.88 Å². The minimum absolute atomic E-state index is 0.265. The summed E-state index contributed by atoms with van der Waals surface area (Å²) in [6.07, 6.45) is 9.51. The van der Waals surface area contributed by atoms with E-state index < -0.39 is 0 Å². The maximum atomic E-state index is 7.15. The van der Waals surface area contributed by atoms with E-state index in [1.165, 1.54) is 43.6 Å². The standard InChI is InChI=1S/C21H20N6OS/c1-13-8-20(29-26-13)25-18-10-17(14-6-4-3-5-7-14)24-21-16(11-23-27(18)21)15-9-19(22-2)28-12-15/h8-12,14,25H,3-7H2,1H3. The summed E-state index contributed by atoms with van der Waals surface area (Å²) >= 11 is 1.43. The number of nitrogens with one attached hydrogen (secondary N) is 1. The summed E-state index contributed by atoms with van der Waals surface area (Å²) in [6.45, 7) is 9.14. The molecule has 0 unspecified atom stereocenters. The van der Waals surface area contributed by atoms with Gasteiger partial charge in [-0.1, -0.05) is 19.3 Å². The molecule has 4 heterocycles. The summed E-state index contributed by atoms with van der Waals surface area (Å²) < 4.78 is 11.5. The molecule has 4 aromatic heterocycles. The van der Waals surface area contributed by atoms with Crippen LogP contribution in [0.3, 0.4) is 0 Å². The van der Waals surface area contributed by atoms with Crippen LogP contribution in [0, 0.1) is 13.5 Å². The molecule has 1 N–H and O–H groups in total. The number of anilines is 2. The number of hydrogen-bond donors (Lipinski definition) is 1. The highest BCUT2D eigenvalue weighted by Crippen LogP contribution is 2.36. The van der Waals surface area contributed by atoms with E-state index in [0.717, 1.165) is 39.0 Å². The quantitative estimate of drug-likeness (QED) is 0.416. The van der Waals surface area contributed by atoms with Crippen LogP contribution in [0.1, 0.15) is 49.4 Å². The first-order valence-corrected chi connectivity index (χ1v) is 10.5. The summed E-state index contributed by atoms with van der Waals surface area (Å²) in [7, 11) is 0. The predicted octanol–water partition coefficient (Wildman–Crippen LogP) is 6.10. The zero-order valence-corrected chi connectivity index (χ0v) is 16.9. The van der Waals surface area contributed by atoms with Crippen LogP contribution in [-0.4, -0.2) is 19.0 Å². The first-order chi connectivity index (χ1) is 14.2. The lowest BCUT2D eigenvalue weighted by Gasteiger charge is -2.22. The average Bonchev–Trinajstić information content (AvgIpc) is 3.48. The SMILES string of the molecule is [C-]#[N+]c1cc(-c2cnn3c(Nc4cc(C)ns4)cc(C4CCCCC4)nc23)co1. The van der Waals surface area contributed by atoms with Gasteiger partial charge in [0.05, 0.1) is 24.7 Å². The third-order valence-electron chi connectivity index (χ3n) is 5.40. The number of aryl methyl sites for hydroxylation is 1. The lowest BCUT2D eigenvalue weighted by Crippen LogP contribution is -2.10. The third kappa shape index (κ3) is 3.38. The average molecular weight is 404 g/mol. The monoisotopic (exact) mass is 404 g/mol. The van der Waals surface area contributed by atoms with Gasteiger partial charge in [-0.05, 0) is 43.4 Å². The topological polar surface area (TPSA) is 72.6 Å². The van der Waals surface area contributed by atoms with Crippen LogP contribution in [0.25, 0.3) is 21.6 Å². The lowest BCUT2D eigenvalue weighted by atomic mass is 9.87. The lowest BCUT2D eigenvalue weighted by molar-refractivity contribution is 0.437. The van der Waals surface area contributed by atoms with Crippen LogP contribution in [0.5, 0.6) is 0 Å². The minimum atomic E-state index is 0.265. The van der Waals surface area contributed by atoms with E-state index in [0.29, 0.717) is 5.92 Å². The Bertz CT molecular complexity index is 1210. The van der Waals surface area contributed by atoms with E-state index >= 15 is 0 Å². The molecule has 29 heavy (non-hydrogen) atoms. The normalized spacial score (nSPS) is 14.9. The summed E-state index contributed by atoms with van der Waals surface area (Å²) in [6, 6.07) is 5.88. The van der Waals surface area contributed by atoms with E-state index in [4.69, 9.17) is 16.0 Å². The molecule has 1 aliphatic carbocycles. The fraction of sp³-hybridized carbons (Fsp3) is 0.333. The molecule has 0 saturated heterocycles. The van der Waals surface area contributed by atoms with Crippen LogP contribution in [-0.2, 0) is 0 Å². The summed E-state index contributed by atoms with van der Waals surface area (Å²) in [4.78, 5) is 8.37. The van der Waals surface area contributed by atoms with E-state index in [1.807, 2.05) is 17.5 Å². The molecule has 1 aliphatic rings. The smallest absolute Gasteiger partial charge is 0.346 e. The number of hydrogen-bond acceptors (Lipinski definition) is 6. The maximum absolute atomic E-state index is 7.15. The van der Waals surface area contributed by atoms with Crippen LogP contribution < -0.4 is 5.32 Å². The van der Waals surface area contributed by atoms with Gasteiger partial charge in [-0.2, -0.15) is 18.8 Å². The van der Waals surface area contributed by atoms with E-state index in [9.17, 15) is 0 Å². The fourth-order valence-corrected chi connectivity index (χ4v) is 4.62. The first-order valence-electron chi connectivity index (χ1n) is 9.76. The number of furan rings is 1. The second kappa shape index (κ2) is 7.33. The van der Waals surface area contributed by atoms with Crippen molar-refractivity contribution in [2.24, 2.45) is 0 Å². The highest BCUT2D eigenvalue weighted by molar-refractivity contribution is 7.10. The molecule has 1 saturated carbocycles. The second-order valence-corrected chi connectivity index (χ2v) is 8.24.